The van der Waals surface area contributed by atoms with Gasteiger partial charge in [0, 0.05) is 19.3 Å². The van der Waals surface area contributed by atoms with Gasteiger partial charge in [0.2, 0.25) is 5.95 Å². The van der Waals surface area contributed by atoms with Gasteiger partial charge in [0.05, 0.1) is 16.4 Å². The molecule has 2 rings (SSSR count). The predicted octanol–water partition coefficient (Wildman–Crippen LogP) is 1.87. The van der Waals surface area contributed by atoms with E-state index in [1.165, 1.54) is 0 Å². The van der Waals surface area contributed by atoms with Gasteiger partial charge in [-0.3, -0.25) is 9.25 Å². The fourth-order valence-electron chi connectivity index (χ4n) is 1.59. The summed E-state index contributed by atoms with van der Waals surface area (Å²) in [6.45, 7) is 4.74. The number of aromatic nitrogens is 5. The van der Waals surface area contributed by atoms with E-state index in [1.54, 1.807) is 16.3 Å². The smallest absolute Gasteiger partial charge is 0.222 e. The first-order valence-corrected chi connectivity index (χ1v) is 6.90. The van der Waals surface area contributed by atoms with Gasteiger partial charge >= 0.3 is 0 Å². The molecule has 0 saturated heterocycles. The van der Waals surface area contributed by atoms with Gasteiger partial charge in [0.1, 0.15) is 0 Å². The second-order valence-electron chi connectivity index (χ2n) is 3.85. The molecule has 2 heterocycles. The van der Waals surface area contributed by atoms with E-state index in [2.05, 4.69) is 15.3 Å². The SMILES string of the molecule is CCn1nc(C)c(Cl)c1CSc1nnc(N)n1C. The van der Waals surface area contributed by atoms with Gasteiger partial charge in [-0.1, -0.05) is 23.4 Å². The average Bonchev–Trinajstić information content (AvgIpc) is 2.81. The Hall–Kier alpha value is -1.21. The van der Waals surface area contributed by atoms with Crippen LogP contribution in [0.25, 0.3) is 0 Å². The summed E-state index contributed by atoms with van der Waals surface area (Å²) in [7, 11) is 1.83. The Morgan fingerprint density at radius 2 is 2.11 bits per heavy atom. The van der Waals surface area contributed by atoms with Crippen LogP contribution < -0.4 is 5.73 Å². The molecule has 0 aliphatic rings. The molecule has 0 amide bonds. The molecular formula is C10H15ClN6S. The lowest BCUT2D eigenvalue weighted by Gasteiger charge is -2.05. The van der Waals surface area contributed by atoms with E-state index in [1.807, 2.05) is 25.6 Å². The minimum Gasteiger partial charge on any atom is -0.368 e. The third-order valence-corrected chi connectivity index (χ3v) is 4.18. The summed E-state index contributed by atoms with van der Waals surface area (Å²) in [5.41, 5.74) is 7.49. The predicted molar refractivity (Wildman–Crippen MR) is 72.6 cm³/mol. The van der Waals surface area contributed by atoms with E-state index in [-0.39, 0.29) is 0 Å². The first kappa shape index (κ1) is 13.2. The summed E-state index contributed by atoms with van der Waals surface area (Å²) in [5.74, 6) is 1.10. The van der Waals surface area contributed by atoms with Gasteiger partial charge in [0.15, 0.2) is 5.16 Å². The van der Waals surface area contributed by atoms with Gasteiger partial charge in [-0.25, -0.2) is 0 Å². The maximum Gasteiger partial charge on any atom is 0.222 e. The van der Waals surface area contributed by atoms with E-state index in [0.717, 1.165) is 28.1 Å². The molecule has 0 fully saturated rings. The fourth-order valence-corrected chi connectivity index (χ4v) is 2.82. The molecule has 2 N–H and O–H groups in total. The van der Waals surface area contributed by atoms with Crippen LogP contribution in [0.3, 0.4) is 0 Å². The lowest BCUT2D eigenvalue weighted by Crippen LogP contribution is -2.02. The molecule has 0 spiro atoms. The highest BCUT2D eigenvalue weighted by Gasteiger charge is 2.14. The second kappa shape index (κ2) is 5.19. The Bertz CT molecular complexity index is 561. The maximum atomic E-state index is 6.24. The Balaban J connectivity index is 2.18. The summed E-state index contributed by atoms with van der Waals surface area (Å²) < 4.78 is 3.66. The number of nitrogens with two attached hydrogens (primary N) is 1. The van der Waals surface area contributed by atoms with Gasteiger partial charge in [-0.05, 0) is 13.8 Å². The molecule has 0 aliphatic carbocycles. The maximum absolute atomic E-state index is 6.24. The first-order chi connectivity index (χ1) is 8.54. The van der Waals surface area contributed by atoms with Crippen molar-refractivity contribution in [1.29, 1.82) is 0 Å². The Labute approximate surface area is 115 Å². The normalized spacial score (nSPS) is 11.1. The largest absolute Gasteiger partial charge is 0.368 e. The van der Waals surface area contributed by atoms with Crippen molar-refractivity contribution in [3.8, 4) is 0 Å². The van der Waals surface area contributed by atoms with Gasteiger partial charge < -0.3 is 5.73 Å². The van der Waals surface area contributed by atoms with E-state index in [9.17, 15) is 0 Å². The van der Waals surface area contributed by atoms with Gasteiger partial charge in [0.25, 0.3) is 0 Å². The lowest BCUT2D eigenvalue weighted by atomic mass is 10.4. The molecule has 6 nitrogen and oxygen atoms in total. The molecule has 0 saturated carbocycles. The number of nitrogen functional groups attached to an aromatic ring is 1. The number of nitrogens with zero attached hydrogens (tertiary/aromatic N) is 5. The zero-order chi connectivity index (χ0) is 13.3. The monoisotopic (exact) mass is 286 g/mol. The van der Waals surface area contributed by atoms with E-state index >= 15 is 0 Å². The van der Waals surface area contributed by atoms with Crippen molar-refractivity contribution in [2.45, 2.75) is 31.3 Å². The molecule has 98 valence electrons. The molecular weight excluding hydrogens is 272 g/mol. The molecule has 0 unspecified atom stereocenters. The van der Waals surface area contributed by atoms with Crippen molar-refractivity contribution in [2.24, 2.45) is 7.05 Å². The summed E-state index contributed by atoms with van der Waals surface area (Å²) >= 11 is 7.78. The summed E-state index contributed by atoms with van der Waals surface area (Å²) in [6.07, 6.45) is 0. The molecule has 0 atom stereocenters. The third-order valence-electron chi connectivity index (χ3n) is 2.66. The molecule has 18 heavy (non-hydrogen) atoms. The number of aryl methyl sites for hydroxylation is 2. The van der Waals surface area contributed by atoms with Crippen molar-refractivity contribution in [1.82, 2.24) is 24.5 Å². The highest BCUT2D eigenvalue weighted by molar-refractivity contribution is 7.98. The number of anilines is 1. The van der Waals surface area contributed by atoms with Crippen LogP contribution in [0.15, 0.2) is 5.16 Å². The molecule has 2 aromatic rings. The second-order valence-corrected chi connectivity index (χ2v) is 5.17. The van der Waals surface area contributed by atoms with Crippen LogP contribution in [0, 0.1) is 6.92 Å². The Morgan fingerprint density at radius 1 is 1.39 bits per heavy atom. The molecule has 2 aromatic heterocycles. The zero-order valence-electron chi connectivity index (χ0n) is 10.5. The minimum absolute atomic E-state index is 0.406. The standard InChI is InChI=1S/C10H15ClN6S/c1-4-17-7(8(11)6(2)15-17)5-18-10-14-13-9(12)16(10)3/h4-5H2,1-3H3,(H2,12,13). The average molecular weight is 287 g/mol. The van der Waals surface area contributed by atoms with Crippen molar-refractivity contribution in [3.05, 3.63) is 16.4 Å². The highest BCUT2D eigenvalue weighted by atomic mass is 35.5. The Kier molecular flexibility index (Phi) is 3.82. The molecule has 8 heteroatoms. The molecule has 0 aliphatic heterocycles. The Morgan fingerprint density at radius 3 is 2.67 bits per heavy atom. The van der Waals surface area contributed by atoms with Crippen LogP contribution in [0.1, 0.15) is 18.3 Å². The summed E-state index contributed by atoms with van der Waals surface area (Å²) in [6, 6.07) is 0. The van der Waals surface area contributed by atoms with E-state index in [4.69, 9.17) is 17.3 Å². The van der Waals surface area contributed by atoms with Crippen molar-refractivity contribution < 1.29 is 0 Å². The number of hydrogen-bond acceptors (Lipinski definition) is 5. The van der Waals surface area contributed by atoms with Gasteiger partial charge in [-0.2, -0.15) is 5.10 Å². The zero-order valence-corrected chi connectivity index (χ0v) is 12.1. The van der Waals surface area contributed by atoms with Crippen LogP contribution in [-0.4, -0.2) is 24.5 Å². The van der Waals surface area contributed by atoms with Gasteiger partial charge in [-0.15, -0.1) is 10.2 Å². The third kappa shape index (κ3) is 2.32. The molecule has 0 aromatic carbocycles. The topological polar surface area (TPSA) is 74.6 Å². The first-order valence-electron chi connectivity index (χ1n) is 5.54. The highest BCUT2D eigenvalue weighted by Crippen LogP contribution is 2.28. The molecule has 0 bridgehead atoms. The van der Waals surface area contributed by atoms with Crippen LogP contribution in [-0.2, 0) is 19.3 Å². The summed E-state index contributed by atoms with van der Waals surface area (Å²) in [4.78, 5) is 0. The van der Waals surface area contributed by atoms with Crippen LogP contribution >= 0.6 is 23.4 Å². The van der Waals surface area contributed by atoms with Crippen molar-refractivity contribution in [3.63, 3.8) is 0 Å². The minimum atomic E-state index is 0.406. The number of hydrogen-bond donors (Lipinski definition) is 1. The molecule has 0 radical (unpaired) electrons. The summed E-state index contributed by atoms with van der Waals surface area (Å²) in [5, 5.41) is 13.7. The fraction of sp³-hybridized carbons (Fsp3) is 0.500. The number of rotatable bonds is 4. The number of thioether (sulfide) groups is 1. The number of halogens is 1. The van der Waals surface area contributed by atoms with Crippen molar-refractivity contribution >= 4 is 29.3 Å². The lowest BCUT2D eigenvalue weighted by molar-refractivity contribution is 0.631. The van der Waals surface area contributed by atoms with Crippen LogP contribution in [0.5, 0.6) is 0 Å². The van der Waals surface area contributed by atoms with Crippen LogP contribution in [0.2, 0.25) is 5.02 Å². The van der Waals surface area contributed by atoms with E-state index in [0.29, 0.717) is 11.7 Å². The van der Waals surface area contributed by atoms with Crippen molar-refractivity contribution in [2.75, 3.05) is 5.73 Å². The van der Waals surface area contributed by atoms with Crippen LogP contribution in [0.4, 0.5) is 5.95 Å². The quantitative estimate of drug-likeness (QED) is 0.869. The van der Waals surface area contributed by atoms with E-state index < -0.39 is 0 Å².